The van der Waals surface area contributed by atoms with Crippen LogP contribution in [0.25, 0.3) is 0 Å². The number of morpholine rings is 1. The van der Waals surface area contributed by atoms with Gasteiger partial charge in [-0.25, -0.2) is 4.79 Å². The van der Waals surface area contributed by atoms with Crippen molar-refractivity contribution in [1.82, 2.24) is 15.1 Å². The van der Waals surface area contributed by atoms with Crippen molar-refractivity contribution < 1.29 is 9.53 Å². The summed E-state index contributed by atoms with van der Waals surface area (Å²) >= 11 is 0. The number of hydrogen-bond donors (Lipinski definition) is 1. The van der Waals surface area contributed by atoms with Gasteiger partial charge >= 0.3 is 6.03 Å². The van der Waals surface area contributed by atoms with Crippen LogP contribution in [0.15, 0.2) is 0 Å². The van der Waals surface area contributed by atoms with Crippen molar-refractivity contribution in [2.45, 2.75) is 71.2 Å². The van der Waals surface area contributed by atoms with Crippen molar-refractivity contribution in [3.63, 3.8) is 0 Å². The van der Waals surface area contributed by atoms with Crippen LogP contribution in [0.4, 0.5) is 4.79 Å². The van der Waals surface area contributed by atoms with Gasteiger partial charge in [-0.3, -0.25) is 4.90 Å². The van der Waals surface area contributed by atoms with Crippen molar-refractivity contribution in [3.05, 3.63) is 0 Å². The van der Waals surface area contributed by atoms with Gasteiger partial charge < -0.3 is 15.0 Å². The number of amides is 2. The number of rotatable bonds is 5. The molecule has 5 nitrogen and oxygen atoms in total. The number of carbonyl (C=O) groups excluding carboxylic acids is 1. The summed E-state index contributed by atoms with van der Waals surface area (Å²) in [5.74, 6) is 0.699. The second-order valence-electron chi connectivity index (χ2n) is 7.82. The molecule has 1 aliphatic heterocycles. The molecule has 1 saturated carbocycles. The van der Waals surface area contributed by atoms with Crippen LogP contribution in [0.2, 0.25) is 0 Å². The number of carbonyl (C=O) groups is 1. The molecule has 2 aliphatic rings. The van der Waals surface area contributed by atoms with E-state index < -0.39 is 0 Å². The van der Waals surface area contributed by atoms with Gasteiger partial charge in [0.2, 0.25) is 0 Å². The summed E-state index contributed by atoms with van der Waals surface area (Å²) in [4.78, 5) is 16.6. The first-order chi connectivity index (χ1) is 10.2. The molecule has 1 heterocycles. The van der Waals surface area contributed by atoms with E-state index in [0.717, 1.165) is 13.1 Å². The van der Waals surface area contributed by atoms with Crippen LogP contribution in [0.5, 0.6) is 0 Å². The van der Waals surface area contributed by atoms with Crippen molar-refractivity contribution in [2.24, 2.45) is 5.92 Å². The lowest BCUT2D eigenvalue weighted by molar-refractivity contribution is -0.0948. The Hall–Kier alpha value is -0.810. The third-order valence-corrected chi connectivity index (χ3v) is 5.18. The molecule has 0 radical (unpaired) electrons. The zero-order valence-electron chi connectivity index (χ0n) is 15.1. The molecule has 1 saturated heterocycles. The highest BCUT2D eigenvalue weighted by Crippen LogP contribution is 2.34. The fourth-order valence-electron chi connectivity index (χ4n) is 3.28. The number of hydrogen-bond acceptors (Lipinski definition) is 3. The first-order valence-corrected chi connectivity index (χ1v) is 8.62. The van der Waals surface area contributed by atoms with E-state index in [-0.39, 0.29) is 23.8 Å². The Bertz CT molecular complexity index is 385. The second-order valence-corrected chi connectivity index (χ2v) is 7.82. The molecule has 0 aromatic heterocycles. The zero-order valence-corrected chi connectivity index (χ0v) is 15.1. The lowest BCUT2D eigenvalue weighted by Gasteiger charge is -2.45. The molecule has 0 aromatic carbocycles. The molecule has 5 heteroatoms. The molecule has 22 heavy (non-hydrogen) atoms. The Morgan fingerprint density at radius 3 is 2.36 bits per heavy atom. The van der Waals surface area contributed by atoms with Gasteiger partial charge in [0, 0.05) is 38.3 Å². The summed E-state index contributed by atoms with van der Waals surface area (Å²) in [5, 5.41) is 3.12. The molecule has 0 unspecified atom stereocenters. The molecule has 2 amide bonds. The maximum absolute atomic E-state index is 12.3. The summed E-state index contributed by atoms with van der Waals surface area (Å²) < 4.78 is 5.80. The van der Waals surface area contributed by atoms with Gasteiger partial charge in [0.25, 0.3) is 0 Å². The van der Waals surface area contributed by atoms with E-state index >= 15 is 0 Å². The van der Waals surface area contributed by atoms with Gasteiger partial charge in [-0.05, 0) is 53.4 Å². The van der Waals surface area contributed by atoms with Gasteiger partial charge in [0.1, 0.15) is 0 Å². The Labute approximate surface area is 135 Å². The molecule has 0 spiro atoms. The lowest BCUT2D eigenvalue weighted by Crippen LogP contribution is -2.59. The van der Waals surface area contributed by atoms with Crippen molar-refractivity contribution >= 4 is 6.03 Å². The second kappa shape index (κ2) is 6.75. The number of urea groups is 1. The van der Waals surface area contributed by atoms with Gasteiger partial charge in [0.05, 0.1) is 12.2 Å². The van der Waals surface area contributed by atoms with E-state index in [9.17, 15) is 4.79 Å². The van der Waals surface area contributed by atoms with E-state index in [1.54, 1.807) is 0 Å². The Balaban J connectivity index is 1.84. The van der Waals surface area contributed by atoms with Crippen LogP contribution in [0.1, 0.15) is 47.5 Å². The van der Waals surface area contributed by atoms with Crippen LogP contribution in [-0.4, -0.2) is 66.3 Å². The summed E-state index contributed by atoms with van der Waals surface area (Å²) in [5.41, 5.74) is -0.0639. The predicted molar refractivity (Wildman–Crippen MR) is 89.0 cm³/mol. The lowest BCUT2D eigenvalue weighted by atomic mass is 10.00. The normalized spacial score (nSPS) is 28.3. The average Bonchev–Trinajstić information content (AvgIpc) is 3.26. The highest BCUT2D eigenvalue weighted by atomic mass is 16.5. The predicted octanol–water partition coefficient (Wildman–Crippen LogP) is 2.31. The average molecular weight is 311 g/mol. The monoisotopic (exact) mass is 311 g/mol. The molecule has 2 rings (SSSR count). The molecule has 1 N–H and O–H groups in total. The molecule has 0 aromatic rings. The molecule has 0 bridgehead atoms. The highest BCUT2D eigenvalue weighted by Gasteiger charge is 2.35. The van der Waals surface area contributed by atoms with Crippen LogP contribution in [0.3, 0.4) is 0 Å². The van der Waals surface area contributed by atoms with E-state index in [1.165, 1.54) is 12.8 Å². The number of nitrogens with zero attached hydrogens (tertiary/aromatic N) is 2. The summed E-state index contributed by atoms with van der Waals surface area (Å²) in [6.45, 7) is 13.3. The smallest absolute Gasteiger partial charge is 0.317 e. The van der Waals surface area contributed by atoms with E-state index in [0.29, 0.717) is 18.5 Å². The van der Waals surface area contributed by atoms with Gasteiger partial charge in [-0.1, -0.05) is 0 Å². The Kier molecular flexibility index (Phi) is 5.38. The third kappa shape index (κ3) is 4.35. The summed E-state index contributed by atoms with van der Waals surface area (Å²) in [7, 11) is 1.91. The minimum atomic E-state index is -0.0639. The van der Waals surface area contributed by atoms with Gasteiger partial charge in [0.15, 0.2) is 0 Å². The van der Waals surface area contributed by atoms with Gasteiger partial charge in [-0.15, -0.1) is 0 Å². The summed E-state index contributed by atoms with van der Waals surface area (Å²) in [6.07, 6.45) is 3.01. The van der Waals surface area contributed by atoms with Crippen LogP contribution in [0, 0.1) is 5.92 Å². The summed E-state index contributed by atoms with van der Waals surface area (Å²) in [6, 6.07) is 0.383. The largest absolute Gasteiger partial charge is 0.373 e. The third-order valence-electron chi connectivity index (χ3n) is 5.18. The topological polar surface area (TPSA) is 44.8 Å². The Morgan fingerprint density at radius 1 is 1.32 bits per heavy atom. The molecule has 2 fully saturated rings. The molecular weight excluding hydrogens is 278 g/mol. The number of ether oxygens (including phenoxy) is 1. The molecule has 128 valence electrons. The van der Waals surface area contributed by atoms with E-state index in [4.69, 9.17) is 4.74 Å². The van der Waals surface area contributed by atoms with Crippen molar-refractivity contribution in [1.29, 1.82) is 0 Å². The van der Waals surface area contributed by atoms with Crippen LogP contribution < -0.4 is 5.32 Å². The SMILES string of the molecule is C[C@@H]1CN(C(C)(C)CNC(=O)N(C)[C@H](C)C2CC2)C[C@H](C)O1. The maximum atomic E-state index is 12.3. The molecule has 3 atom stereocenters. The first kappa shape index (κ1) is 17.5. The standard InChI is InChI=1S/C17H33N3O2/c1-12-9-20(10-13(2)22-12)17(4,5)11-18-16(21)19(6)14(3)15-7-8-15/h12-15H,7-11H2,1-6H3,(H,18,21)/t12-,13+,14-/m1/s1. The van der Waals surface area contributed by atoms with Crippen molar-refractivity contribution in [2.75, 3.05) is 26.7 Å². The molecule has 1 aliphatic carbocycles. The minimum absolute atomic E-state index is 0.0434. The number of nitrogens with one attached hydrogen (secondary N) is 1. The van der Waals surface area contributed by atoms with E-state index in [1.807, 2.05) is 11.9 Å². The van der Waals surface area contributed by atoms with Crippen LogP contribution in [-0.2, 0) is 4.74 Å². The fourth-order valence-corrected chi connectivity index (χ4v) is 3.28. The quantitative estimate of drug-likeness (QED) is 0.847. The van der Waals surface area contributed by atoms with Crippen LogP contribution >= 0.6 is 0 Å². The van der Waals surface area contributed by atoms with Crippen molar-refractivity contribution in [3.8, 4) is 0 Å². The maximum Gasteiger partial charge on any atom is 0.317 e. The minimum Gasteiger partial charge on any atom is -0.373 e. The first-order valence-electron chi connectivity index (χ1n) is 8.62. The molecular formula is C17H33N3O2. The highest BCUT2D eigenvalue weighted by molar-refractivity contribution is 5.74. The van der Waals surface area contributed by atoms with Gasteiger partial charge in [-0.2, -0.15) is 0 Å². The fraction of sp³-hybridized carbons (Fsp3) is 0.941. The zero-order chi connectivity index (χ0) is 16.5. The van der Waals surface area contributed by atoms with E-state index in [2.05, 4.69) is 44.8 Å². The Morgan fingerprint density at radius 2 is 1.86 bits per heavy atom.